The van der Waals surface area contributed by atoms with Gasteiger partial charge in [0.2, 0.25) is 0 Å². The highest BCUT2D eigenvalue weighted by atomic mass is 32.2. The van der Waals surface area contributed by atoms with Crippen molar-refractivity contribution in [1.29, 1.82) is 0 Å². The Balaban J connectivity index is 1.64. The summed E-state index contributed by atoms with van der Waals surface area (Å²) in [5.74, 6) is -0.217. The first-order valence-electron chi connectivity index (χ1n) is 11.8. The highest BCUT2D eigenvalue weighted by molar-refractivity contribution is 7.98. The molecule has 1 amide bonds. The molecule has 194 valence electrons. The van der Waals surface area contributed by atoms with Gasteiger partial charge in [0.05, 0.1) is 20.8 Å². The molecule has 0 aliphatic carbocycles. The highest BCUT2D eigenvalue weighted by Crippen LogP contribution is 2.32. The van der Waals surface area contributed by atoms with Gasteiger partial charge in [-0.3, -0.25) is 14.0 Å². The van der Waals surface area contributed by atoms with Gasteiger partial charge < -0.3 is 4.90 Å². The van der Waals surface area contributed by atoms with Crippen molar-refractivity contribution in [2.24, 2.45) is 0 Å². The van der Waals surface area contributed by atoms with Crippen LogP contribution in [0.25, 0.3) is 10.2 Å². The summed E-state index contributed by atoms with van der Waals surface area (Å²) in [6.45, 7) is 3.21. The molecular formula is C27H30N4O3S3. The van der Waals surface area contributed by atoms with Crippen molar-refractivity contribution in [2.75, 3.05) is 49.2 Å². The SMILES string of the molecule is CCN(c1ccccc1)S(=O)(=O)c1ccc(C(=O)N(CCN(C)C)c2nc3ccc(SC)cc3s2)cc1. The van der Waals surface area contributed by atoms with Gasteiger partial charge in [0.25, 0.3) is 15.9 Å². The van der Waals surface area contributed by atoms with Gasteiger partial charge in [-0.2, -0.15) is 0 Å². The van der Waals surface area contributed by atoms with Crippen molar-refractivity contribution >= 4 is 60.1 Å². The lowest BCUT2D eigenvalue weighted by Crippen LogP contribution is -2.36. The molecule has 10 heteroatoms. The number of carbonyl (C=O) groups is 1. The second-order valence-corrected chi connectivity index (χ2v) is 12.4. The van der Waals surface area contributed by atoms with Crippen LogP contribution in [0.15, 0.2) is 82.6 Å². The minimum absolute atomic E-state index is 0.138. The van der Waals surface area contributed by atoms with E-state index < -0.39 is 10.0 Å². The highest BCUT2D eigenvalue weighted by Gasteiger charge is 2.25. The Labute approximate surface area is 226 Å². The molecule has 1 heterocycles. The number of likely N-dealkylation sites (N-methyl/N-ethyl adjacent to an activating group) is 1. The molecule has 4 rings (SSSR count). The van der Waals surface area contributed by atoms with Gasteiger partial charge in [-0.05, 0) is 81.9 Å². The number of carbonyl (C=O) groups excluding carboxylic acids is 1. The summed E-state index contributed by atoms with van der Waals surface area (Å²) in [6.07, 6.45) is 2.03. The number of sulfonamides is 1. The molecule has 0 unspecified atom stereocenters. The number of rotatable bonds is 10. The van der Waals surface area contributed by atoms with Gasteiger partial charge in [-0.1, -0.05) is 29.5 Å². The second kappa shape index (κ2) is 11.6. The summed E-state index contributed by atoms with van der Waals surface area (Å²) in [5.41, 5.74) is 1.85. The first-order chi connectivity index (χ1) is 17.7. The molecule has 3 aromatic carbocycles. The summed E-state index contributed by atoms with van der Waals surface area (Å²) in [4.78, 5) is 23.3. The van der Waals surface area contributed by atoms with Crippen LogP contribution >= 0.6 is 23.1 Å². The first-order valence-corrected chi connectivity index (χ1v) is 15.3. The maximum Gasteiger partial charge on any atom is 0.264 e. The third-order valence-electron chi connectivity index (χ3n) is 5.85. The molecule has 4 aromatic rings. The standard InChI is InChI=1S/C27H30N4O3S3/c1-5-31(21-9-7-6-8-10-21)37(33,34)23-14-11-20(12-15-23)26(32)30(18-17-29(2)3)27-28-24-16-13-22(35-4)19-25(24)36-27/h6-16,19H,5,17-18H2,1-4H3. The van der Waals surface area contributed by atoms with Crippen LogP contribution < -0.4 is 9.21 Å². The third-order valence-corrected chi connectivity index (χ3v) is 9.54. The zero-order chi connectivity index (χ0) is 26.6. The van der Waals surface area contributed by atoms with Gasteiger partial charge >= 0.3 is 0 Å². The monoisotopic (exact) mass is 554 g/mol. The quantitative estimate of drug-likeness (QED) is 0.243. The van der Waals surface area contributed by atoms with Crippen LogP contribution in [0.1, 0.15) is 17.3 Å². The van der Waals surface area contributed by atoms with Crippen molar-refractivity contribution < 1.29 is 13.2 Å². The van der Waals surface area contributed by atoms with Crippen molar-refractivity contribution in [3.63, 3.8) is 0 Å². The smallest absolute Gasteiger partial charge is 0.264 e. The Morgan fingerprint density at radius 3 is 2.30 bits per heavy atom. The Bertz CT molecular complexity index is 1470. The van der Waals surface area contributed by atoms with Crippen molar-refractivity contribution in [3.05, 3.63) is 78.4 Å². The normalized spacial score (nSPS) is 11.7. The molecule has 0 bridgehead atoms. The minimum atomic E-state index is -3.78. The molecular weight excluding hydrogens is 525 g/mol. The number of fused-ring (bicyclic) bond motifs is 1. The summed E-state index contributed by atoms with van der Waals surface area (Å²) in [7, 11) is 0.137. The number of anilines is 2. The predicted molar refractivity (Wildman–Crippen MR) is 155 cm³/mol. The lowest BCUT2D eigenvalue weighted by molar-refractivity contribution is 0.0985. The average molecular weight is 555 g/mol. The number of benzene rings is 3. The van der Waals surface area contributed by atoms with E-state index in [1.807, 2.05) is 55.6 Å². The molecule has 37 heavy (non-hydrogen) atoms. The van der Waals surface area contributed by atoms with E-state index in [1.165, 1.54) is 27.8 Å². The number of hydrogen-bond donors (Lipinski definition) is 0. The Kier molecular flexibility index (Phi) is 8.53. The summed E-state index contributed by atoms with van der Waals surface area (Å²) >= 11 is 3.14. The molecule has 1 aromatic heterocycles. The minimum Gasteiger partial charge on any atom is -0.308 e. The van der Waals surface area contributed by atoms with Crippen LogP contribution in [-0.4, -0.2) is 64.2 Å². The lowest BCUT2D eigenvalue weighted by Gasteiger charge is -2.24. The van der Waals surface area contributed by atoms with Gasteiger partial charge in [0.1, 0.15) is 0 Å². The number of para-hydroxylation sites is 1. The van der Waals surface area contributed by atoms with E-state index in [-0.39, 0.29) is 10.8 Å². The first kappa shape index (κ1) is 27.1. The number of thiazole rings is 1. The molecule has 0 aliphatic rings. The number of thioether (sulfide) groups is 1. The molecule has 0 saturated carbocycles. The molecule has 0 radical (unpaired) electrons. The third kappa shape index (κ3) is 5.98. The Morgan fingerprint density at radius 2 is 1.68 bits per heavy atom. The van der Waals surface area contributed by atoms with Crippen molar-refractivity contribution in [3.8, 4) is 0 Å². The largest absolute Gasteiger partial charge is 0.308 e. The van der Waals surface area contributed by atoms with Crippen LogP contribution in [0.2, 0.25) is 0 Å². The van der Waals surface area contributed by atoms with Gasteiger partial charge in [-0.25, -0.2) is 13.4 Å². The molecule has 0 spiro atoms. The van der Waals surface area contributed by atoms with Gasteiger partial charge in [0.15, 0.2) is 5.13 Å². The van der Waals surface area contributed by atoms with Gasteiger partial charge in [0, 0.05) is 30.1 Å². The summed E-state index contributed by atoms with van der Waals surface area (Å²) < 4.78 is 29.1. The second-order valence-electron chi connectivity index (χ2n) is 8.62. The fourth-order valence-corrected chi connectivity index (χ4v) is 6.87. The summed E-state index contributed by atoms with van der Waals surface area (Å²) in [5, 5.41) is 0.623. The number of hydrogen-bond acceptors (Lipinski definition) is 7. The molecule has 7 nitrogen and oxygen atoms in total. The maximum atomic E-state index is 13.6. The van der Waals surface area contributed by atoms with E-state index in [0.717, 1.165) is 15.1 Å². The van der Waals surface area contributed by atoms with E-state index >= 15 is 0 Å². The zero-order valence-corrected chi connectivity index (χ0v) is 23.7. The summed E-state index contributed by atoms with van der Waals surface area (Å²) in [6, 6.07) is 21.2. The molecule has 0 atom stereocenters. The van der Waals surface area contributed by atoms with Crippen LogP contribution in [-0.2, 0) is 10.0 Å². The van der Waals surface area contributed by atoms with Crippen molar-refractivity contribution in [2.45, 2.75) is 16.7 Å². The van der Waals surface area contributed by atoms with E-state index in [2.05, 4.69) is 6.07 Å². The number of amides is 1. The average Bonchev–Trinajstić information content (AvgIpc) is 3.32. The molecule has 0 fully saturated rings. The predicted octanol–water partition coefficient (Wildman–Crippen LogP) is 5.44. The maximum absolute atomic E-state index is 13.6. The van der Waals surface area contributed by atoms with Gasteiger partial charge in [-0.15, -0.1) is 11.8 Å². The fourth-order valence-electron chi connectivity index (χ4n) is 3.86. The van der Waals surface area contributed by atoms with Crippen LogP contribution in [0.3, 0.4) is 0 Å². The van der Waals surface area contributed by atoms with E-state index in [9.17, 15) is 13.2 Å². The Morgan fingerprint density at radius 1 is 0.973 bits per heavy atom. The lowest BCUT2D eigenvalue weighted by atomic mass is 10.2. The fraction of sp³-hybridized carbons (Fsp3) is 0.259. The molecule has 0 N–H and O–H groups in total. The molecule has 0 saturated heterocycles. The molecule has 0 aliphatic heterocycles. The van der Waals surface area contributed by atoms with Crippen LogP contribution in [0.4, 0.5) is 10.8 Å². The van der Waals surface area contributed by atoms with Crippen LogP contribution in [0.5, 0.6) is 0 Å². The van der Waals surface area contributed by atoms with Crippen LogP contribution in [0, 0.1) is 0 Å². The number of nitrogens with zero attached hydrogens (tertiary/aromatic N) is 4. The topological polar surface area (TPSA) is 73.8 Å². The van der Waals surface area contributed by atoms with E-state index in [4.69, 9.17) is 4.98 Å². The van der Waals surface area contributed by atoms with E-state index in [1.54, 1.807) is 47.9 Å². The zero-order valence-electron chi connectivity index (χ0n) is 21.3. The van der Waals surface area contributed by atoms with E-state index in [0.29, 0.717) is 36.0 Å². The Hall–Kier alpha value is -2.92. The van der Waals surface area contributed by atoms with Crippen molar-refractivity contribution in [1.82, 2.24) is 9.88 Å². The number of aromatic nitrogens is 1.